The van der Waals surface area contributed by atoms with E-state index in [1.165, 1.54) is 11.9 Å². The third kappa shape index (κ3) is 4.75. The molecular weight excluding hydrogens is 428 g/mol. The molecule has 2 heterocycles. The smallest absolute Gasteiger partial charge is 0.353 e. The summed E-state index contributed by atoms with van der Waals surface area (Å²) >= 11 is 6.12. The van der Waals surface area contributed by atoms with Crippen molar-refractivity contribution in [1.29, 1.82) is 0 Å². The Kier molecular flexibility index (Phi) is 6.41. The van der Waals surface area contributed by atoms with Crippen LogP contribution in [-0.2, 0) is 0 Å². The third-order valence-corrected chi connectivity index (χ3v) is 5.81. The van der Waals surface area contributed by atoms with Gasteiger partial charge in [-0.25, -0.2) is 9.97 Å². The molecule has 0 atom stereocenters. The van der Waals surface area contributed by atoms with Gasteiger partial charge >= 0.3 is 5.69 Å². The molecule has 32 heavy (non-hydrogen) atoms. The van der Waals surface area contributed by atoms with Gasteiger partial charge in [0.25, 0.3) is 0 Å². The number of benzene rings is 2. The van der Waals surface area contributed by atoms with Crippen LogP contribution in [0, 0.1) is 10.1 Å². The van der Waals surface area contributed by atoms with Crippen LogP contribution in [0.1, 0.15) is 25.3 Å². The molecular formula is C23H25ClN6O2. The van der Waals surface area contributed by atoms with Crippen molar-refractivity contribution in [2.24, 2.45) is 0 Å². The van der Waals surface area contributed by atoms with E-state index in [4.69, 9.17) is 11.6 Å². The monoisotopic (exact) mass is 452 g/mol. The Labute approximate surface area is 192 Å². The molecule has 1 N–H and O–H groups in total. The molecule has 166 valence electrons. The van der Waals surface area contributed by atoms with Crippen molar-refractivity contribution in [3.63, 3.8) is 0 Å². The van der Waals surface area contributed by atoms with Crippen LogP contribution >= 0.6 is 11.6 Å². The first kappa shape index (κ1) is 21.8. The number of anilines is 4. The minimum atomic E-state index is -0.413. The van der Waals surface area contributed by atoms with E-state index in [1.807, 2.05) is 53.4 Å². The van der Waals surface area contributed by atoms with Gasteiger partial charge in [0.15, 0.2) is 0 Å². The topological polar surface area (TPSA) is 87.4 Å². The van der Waals surface area contributed by atoms with Gasteiger partial charge in [0.1, 0.15) is 6.33 Å². The minimum absolute atomic E-state index is 0.114. The largest absolute Gasteiger partial charge is 0.368 e. The number of aromatic nitrogens is 2. The quantitative estimate of drug-likeness (QED) is 0.404. The summed E-state index contributed by atoms with van der Waals surface area (Å²) in [5.74, 6) is 0.932. The second-order valence-electron chi connectivity index (χ2n) is 8.01. The lowest BCUT2D eigenvalue weighted by atomic mass is 10.0. The maximum absolute atomic E-state index is 12.0. The molecule has 0 aliphatic carbocycles. The summed E-state index contributed by atoms with van der Waals surface area (Å²) in [6.07, 6.45) is 1.37. The predicted molar refractivity (Wildman–Crippen MR) is 128 cm³/mol. The van der Waals surface area contributed by atoms with E-state index < -0.39 is 4.92 Å². The van der Waals surface area contributed by atoms with Crippen LogP contribution in [-0.4, -0.2) is 41.1 Å². The van der Waals surface area contributed by atoms with E-state index in [1.54, 1.807) is 0 Å². The summed E-state index contributed by atoms with van der Waals surface area (Å²) in [6.45, 7) is 6.87. The summed E-state index contributed by atoms with van der Waals surface area (Å²) in [7, 11) is 0. The lowest BCUT2D eigenvalue weighted by molar-refractivity contribution is -0.383. The fourth-order valence-corrected chi connectivity index (χ4v) is 3.98. The van der Waals surface area contributed by atoms with Crippen molar-refractivity contribution in [2.45, 2.75) is 19.8 Å². The summed E-state index contributed by atoms with van der Waals surface area (Å²) < 4.78 is 0. The predicted octanol–water partition coefficient (Wildman–Crippen LogP) is 5.23. The Bertz CT molecular complexity index is 1100. The van der Waals surface area contributed by atoms with Gasteiger partial charge in [-0.15, -0.1) is 0 Å². The van der Waals surface area contributed by atoms with Crippen LogP contribution in [0.5, 0.6) is 0 Å². The van der Waals surface area contributed by atoms with Crippen molar-refractivity contribution in [1.82, 2.24) is 9.97 Å². The molecule has 1 aromatic heterocycles. The highest BCUT2D eigenvalue weighted by Gasteiger charge is 2.29. The minimum Gasteiger partial charge on any atom is -0.368 e. The number of hydrogen-bond donors (Lipinski definition) is 1. The number of nitro groups is 1. The van der Waals surface area contributed by atoms with Crippen molar-refractivity contribution in [3.05, 3.63) is 75.6 Å². The molecule has 1 fully saturated rings. The van der Waals surface area contributed by atoms with Gasteiger partial charge in [0.05, 0.1) is 4.92 Å². The fraction of sp³-hybridized carbons (Fsp3) is 0.304. The zero-order valence-electron chi connectivity index (χ0n) is 18.0. The Morgan fingerprint density at radius 2 is 1.72 bits per heavy atom. The van der Waals surface area contributed by atoms with Crippen LogP contribution in [0.25, 0.3) is 0 Å². The van der Waals surface area contributed by atoms with E-state index in [2.05, 4.69) is 34.0 Å². The average molecular weight is 453 g/mol. The summed E-state index contributed by atoms with van der Waals surface area (Å²) in [5.41, 5.74) is 2.87. The first-order chi connectivity index (χ1) is 15.4. The van der Waals surface area contributed by atoms with Crippen molar-refractivity contribution < 1.29 is 4.92 Å². The molecule has 3 aromatic rings. The first-order valence-corrected chi connectivity index (χ1v) is 10.9. The number of nitrogens with one attached hydrogen (secondary N) is 1. The fourth-order valence-electron chi connectivity index (χ4n) is 3.80. The molecule has 8 nitrogen and oxygen atoms in total. The summed E-state index contributed by atoms with van der Waals surface area (Å²) in [4.78, 5) is 24.1. The number of piperazine rings is 1. The van der Waals surface area contributed by atoms with Crippen molar-refractivity contribution >= 4 is 40.3 Å². The van der Waals surface area contributed by atoms with E-state index in [9.17, 15) is 10.1 Å². The van der Waals surface area contributed by atoms with E-state index in [-0.39, 0.29) is 11.5 Å². The average Bonchev–Trinajstić information content (AvgIpc) is 2.79. The normalized spacial score (nSPS) is 14.0. The Balaban J connectivity index is 1.54. The Morgan fingerprint density at radius 3 is 2.34 bits per heavy atom. The molecule has 4 rings (SSSR count). The van der Waals surface area contributed by atoms with Crippen molar-refractivity contribution in [2.75, 3.05) is 41.3 Å². The summed E-state index contributed by atoms with van der Waals surface area (Å²) in [5, 5.41) is 15.8. The second-order valence-corrected chi connectivity index (χ2v) is 8.44. The Morgan fingerprint density at radius 1 is 1.03 bits per heavy atom. The van der Waals surface area contributed by atoms with Crippen molar-refractivity contribution in [3.8, 4) is 0 Å². The molecule has 0 saturated carbocycles. The number of nitrogens with zero attached hydrogens (tertiary/aromatic N) is 5. The summed E-state index contributed by atoms with van der Waals surface area (Å²) in [6, 6.07) is 15.5. The molecule has 9 heteroatoms. The number of rotatable bonds is 6. The van der Waals surface area contributed by atoms with Gasteiger partial charge < -0.3 is 15.1 Å². The lowest BCUT2D eigenvalue weighted by Gasteiger charge is -2.36. The zero-order chi connectivity index (χ0) is 22.7. The van der Waals surface area contributed by atoms with E-state index >= 15 is 0 Å². The second kappa shape index (κ2) is 9.40. The molecule has 0 spiro atoms. The standard InChI is InChI=1S/C23H25ClN6O2/c1-16(2)17-6-8-19(9-7-17)27-22-21(30(31)32)23(26-15-25-22)29-12-10-28(11-13-29)20-5-3-4-18(24)14-20/h3-9,14-16H,10-13H2,1-2H3,(H,25,26,27). The van der Waals surface area contributed by atoms with Gasteiger partial charge in [-0.05, 0) is 41.8 Å². The highest BCUT2D eigenvalue weighted by Crippen LogP contribution is 2.34. The number of halogens is 1. The van der Waals surface area contributed by atoms with Crippen LogP contribution < -0.4 is 15.1 Å². The van der Waals surface area contributed by atoms with Gasteiger partial charge in [-0.3, -0.25) is 10.1 Å². The first-order valence-electron chi connectivity index (χ1n) is 10.5. The maximum atomic E-state index is 12.0. The van der Waals surface area contributed by atoms with Gasteiger partial charge in [-0.1, -0.05) is 43.6 Å². The zero-order valence-corrected chi connectivity index (χ0v) is 18.8. The molecule has 0 amide bonds. The van der Waals surface area contributed by atoms with Crippen LogP contribution in [0.3, 0.4) is 0 Å². The van der Waals surface area contributed by atoms with E-state index in [0.717, 1.165) is 11.4 Å². The van der Waals surface area contributed by atoms with Gasteiger partial charge in [-0.2, -0.15) is 0 Å². The van der Waals surface area contributed by atoms with Crippen LogP contribution in [0.15, 0.2) is 54.9 Å². The lowest BCUT2D eigenvalue weighted by Crippen LogP contribution is -2.47. The molecule has 0 radical (unpaired) electrons. The molecule has 1 aliphatic heterocycles. The molecule has 1 aliphatic rings. The molecule has 1 saturated heterocycles. The highest BCUT2D eigenvalue weighted by molar-refractivity contribution is 6.30. The van der Waals surface area contributed by atoms with Crippen LogP contribution in [0.2, 0.25) is 5.02 Å². The maximum Gasteiger partial charge on any atom is 0.353 e. The third-order valence-electron chi connectivity index (χ3n) is 5.58. The van der Waals surface area contributed by atoms with Crippen LogP contribution in [0.4, 0.5) is 28.7 Å². The molecule has 2 aromatic carbocycles. The van der Waals surface area contributed by atoms with E-state index in [0.29, 0.717) is 42.9 Å². The van der Waals surface area contributed by atoms with Gasteiger partial charge in [0, 0.05) is 42.6 Å². The molecule has 0 unspecified atom stereocenters. The highest BCUT2D eigenvalue weighted by atomic mass is 35.5. The number of hydrogen-bond acceptors (Lipinski definition) is 7. The van der Waals surface area contributed by atoms with Gasteiger partial charge in [0.2, 0.25) is 11.6 Å². The Hall–Kier alpha value is -3.39. The SMILES string of the molecule is CC(C)c1ccc(Nc2ncnc(N3CCN(c4cccc(Cl)c4)CC3)c2[N+](=O)[O-])cc1. The molecule has 0 bridgehead atoms.